The normalized spacial score (nSPS) is 10.1. The van der Waals surface area contributed by atoms with E-state index in [2.05, 4.69) is 15.9 Å². The molecule has 0 spiro atoms. The van der Waals surface area contributed by atoms with Crippen LogP contribution in [0, 0.1) is 0 Å². The van der Waals surface area contributed by atoms with Crippen LogP contribution in [0.4, 0.5) is 0 Å². The molecule has 5 heteroatoms. The SMILES string of the molecule is COc1ccc(CC(=O)OCC(=O)c2cccc(Br)c2)cc1. The van der Waals surface area contributed by atoms with Crippen molar-refractivity contribution in [2.45, 2.75) is 6.42 Å². The lowest BCUT2D eigenvalue weighted by Crippen LogP contribution is -2.15. The maximum absolute atomic E-state index is 11.9. The molecule has 0 fully saturated rings. The molecule has 0 amide bonds. The van der Waals surface area contributed by atoms with E-state index in [0.717, 1.165) is 15.8 Å². The van der Waals surface area contributed by atoms with Crippen LogP contribution in [-0.2, 0) is 16.0 Å². The number of carbonyl (C=O) groups excluding carboxylic acids is 2. The Morgan fingerprint density at radius 1 is 1.09 bits per heavy atom. The van der Waals surface area contributed by atoms with Crippen LogP contribution in [-0.4, -0.2) is 25.5 Å². The highest BCUT2D eigenvalue weighted by Gasteiger charge is 2.11. The standard InChI is InChI=1S/C17H15BrO4/c1-21-15-7-5-12(6-8-15)9-17(20)22-11-16(19)13-3-2-4-14(18)10-13/h2-8,10H,9,11H2,1H3. The van der Waals surface area contributed by atoms with Crippen molar-refractivity contribution < 1.29 is 19.1 Å². The summed E-state index contributed by atoms with van der Waals surface area (Å²) in [6, 6.07) is 14.1. The Kier molecular flexibility index (Phi) is 5.72. The van der Waals surface area contributed by atoms with Gasteiger partial charge in [0.25, 0.3) is 0 Å². The Morgan fingerprint density at radius 2 is 1.82 bits per heavy atom. The lowest BCUT2D eigenvalue weighted by molar-refractivity contribution is -0.141. The van der Waals surface area contributed by atoms with Crippen molar-refractivity contribution in [1.82, 2.24) is 0 Å². The quantitative estimate of drug-likeness (QED) is 0.583. The minimum absolute atomic E-state index is 0.121. The molecule has 0 heterocycles. The summed E-state index contributed by atoms with van der Waals surface area (Å²) in [5.41, 5.74) is 1.31. The van der Waals surface area contributed by atoms with Crippen molar-refractivity contribution in [2.75, 3.05) is 13.7 Å². The molecule has 0 aliphatic rings. The van der Waals surface area contributed by atoms with Crippen LogP contribution in [0.1, 0.15) is 15.9 Å². The molecule has 0 atom stereocenters. The minimum atomic E-state index is -0.437. The Hall–Kier alpha value is -2.14. The second-order valence-electron chi connectivity index (χ2n) is 4.62. The summed E-state index contributed by atoms with van der Waals surface area (Å²) >= 11 is 3.30. The predicted molar refractivity (Wildman–Crippen MR) is 86.1 cm³/mol. The first-order valence-electron chi connectivity index (χ1n) is 6.66. The number of benzene rings is 2. The molecule has 0 aliphatic heterocycles. The summed E-state index contributed by atoms with van der Waals surface area (Å²) in [7, 11) is 1.58. The van der Waals surface area contributed by atoms with Crippen LogP contribution < -0.4 is 4.74 Å². The number of methoxy groups -OCH3 is 1. The van der Waals surface area contributed by atoms with Gasteiger partial charge >= 0.3 is 5.97 Å². The maximum Gasteiger partial charge on any atom is 0.310 e. The van der Waals surface area contributed by atoms with E-state index in [0.29, 0.717) is 5.56 Å². The number of Topliss-reactive ketones (excluding diaryl/α,β-unsaturated/α-hetero) is 1. The van der Waals surface area contributed by atoms with Crippen molar-refractivity contribution in [1.29, 1.82) is 0 Å². The van der Waals surface area contributed by atoms with E-state index < -0.39 is 5.97 Å². The first-order valence-corrected chi connectivity index (χ1v) is 7.45. The smallest absolute Gasteiger partial charge is 0.310 e. The van der Waals surface area contributed by atoms with E-state index in [9.17, 15) is 9.59 Å². The molecule has 0 N–H and O–H groups in total. The molecule has 0 aromatic heterocycles. The molecule has 0 saturated heterocycles. The van der Waals surface area contributed by atoms with Gasteiger partial charge in [-0.15, -0.1) is 0 Å². The third-order valence-electron chi connectivity index (χ3n) is 3.02. The van der Waals surface area contributed by atoms with E-state index >= 15 is 0 Å². The van der Waals surface area contributed by atoms with Gasteiger partial charge in [0.05, 0.1) is 13.5 Å². The minimum Gasteiger partial charge on any atom is -0.497 e. The second kappa shape index (κ2) is 7.75. The highest BCUT2D eigenvalue weighted by molar-refractivity contribution is 9.10. The fourth-order valence-electron chi connectivity index (χ4n) is 1.85. The average Bonchev–Trinajstić information content (AvgIpc) is 2.53. The van der Waals surface area contributed by atoms with Crippen LogP contribution in [0.25, 0.3) is 0 Å². The van der Waals surface area contributed by atoms with Gasteiger partial charge in [0, 0.05) is 10.0 Å². The molecular weight excluding hydrogens is 348 g/mol. The van der Waals surface area contributed by atoms with Gasteiger partial charge in [-0.1, -0.05) is 40.2 Å². The molecule has 0 radical (unpaired) electrons. The summed E-state index contributed by atoms with van der Waals surface area (Å²) in [5, 5.41) is 0. The van der Waals surface area contributed by atoms with Crippen molar-refractivity contribution in [2.24, 2.45) is 0 Å². The predicted octanol–water partition coefficient (Wildman–Crippen LogP) is 3.43. The Balaban J connectivity index is 1.85. The van der Waals surface area contributed by atoms with Crippen molar-refractivity contribution in [3.63, 3.8) is 0 Å². The molecule has 114 valence electrons. The van der Waals surface area contributed by atoms with Crippen LogP contribution >= 0.6 is 15.9 Å². The number of ether oxygens (including phenoxy) is 2. The monoisotopic (exact) mass is 362 g/mol. The third kappa shape index (κ3) is 4.70. The highest BCUT2D eigenvalue weighted by atomic mass is 79.9. The number of ketones is 1. The zero-order chi connectivity index (χ0) is 15.9. The first kappa shape index (κ1) is 16.2. The van der Waals surface area contributed by atoms with E-state index in [4.69, 9.17) is 9.47 Å². The van der Waals surface area contributed by atoms with Crippen LogP contribution in [0.15, 0.2) is 53.0 Å². The van der Waals surface area contributed by atoms with Gasteiger partial charge in [0.1, 0.15) is 5.75 Å². The number of hydrogen-bond acceptors (Lipinski definition) is 4. The van der Waals surface area contributed by atoms with E-state index in [1.54, 1.807) is 49.6 Å². The molecule has 0 bridgehead atoms. The zero-order valence-corrected chi connectivity index (χ0v) is 13.6. The zero-order valence-electron chi connectivity index (χ0n) is 12.0. The van der Waals surface area contributed by atoms with Gasteiger partial charge in [-0.2, -0.15) is 0 Å². The van der Waals surface area contributed by atoms with Crippen LogP contribution in [0.5, 0.6) is 5.75 Å². The fourth-order valence-corrected chi connectivity index (χ4v) is 2.25. The van der Waals surface area contributed by atoms with Crippen LogP contribution in [0.3, 0.4) is 0 Å². The summed E-state index contributed by atoms with van der Waals surface area (Å²) in [4.78, 5) is 23.7. The lowest BCUT2D eigenvalue weighted by atomic mass is 10.1. The average molecular weight is 363 g/mol. The summed E-state index contributed by atoms with van der Waals surface area (Å²) < 4.78 is 10.9. The summed E-state index contributed by atoms with van der Waals surface area (Å²) in [6.45, 7) is -0.258. The Morgan fingerprint density at radius 3 is 2.45 bits per heavy atom. The Bertz CT molecular complexity index is 665. The molecule has 0 unspecified atom stereocenters. The van der Waals surface area contributed by atoms with Crippen molar-refractivity contribution in [3.05, 3.63) is 64.1 Å². The molecule has 2 aromatic carbocycles. The van der Waals surface area contributed by atoms with Crippen LogP contribution in [0.2, 0.25) is 0 Å². The summed E-state index contributed by atoms with van der Waals surface area (Å²) in [5.74, 6) is 0.0554. The Labute approximate surface area is 137 Å². The van der Waals surface area contributed by atoms with Gasteiger partial charge in [-0.25, -0.2) is 0 Å². The van der Waals surface area contributed by atoms with Gasteiger partial charge in [0.2, 0.25) is 0 Å². The molecule has 0 saturated carbocycles. The van der Waals surface area contributed by atoms with Gasteiger partial charge in [0.15, 0.2) is 12.4 Å². The van der Waals surface area contributed by atoms with E-state index in [1.165, 1.54) is 0 Å². The molecule has 4 nitrogen and oxygen atoms in total. The lowest BCUT2D eigenvalue weighted by Gasteiger charge is -2.06. The number of carbonyl (C=O) groups is 2. The number of halogens is 1. The molecule has 2 rings (SSSR count). The number of esters is 1. The van der Waals surface area contributed by atoms with E-state index in [1.807, 2.05) is 6.07 Å². The largest absolute Gasteiger partial charge is 0.497 e. The summed E-state index contributed by atoms with van der Waals surface area (Å²) in [6.07, 6.45) is 0.121. The number of hydrogen-bond donors (Lipinski definition) is 0. The molecular formula is C17H15BrO4. The van der Waals surface area contributed by atoms with Crippen molar-refractivity contribution >= 4 is 27.7 Å². The number of rotatable bonds is 6. The van der Waals surface area contributed by atoms with Gasteiger partial charge in [-0.05, 0) is 29.8 Å². The molecule has 0 aliphatic carbocycles. The van der Waals surface area contributed by atoms with Crippen molar-refractivity contribution in [3.8, 4) is 5.75 Å². The van der Waals surface area contributed by atoms with Gasteiger partial charge < -0.3 is 9.47 Å². The molecule has 22 heavy (non-hydrogen) atoms. The van der Waals surface area contributed by atoms with Gasteiger partial charge in [-0.3, -0.25) is 9.59 Å². The maximum atomic E-state index is 11.9. The molecule has 2 aromatic rings. The highest BCUT2D eigenvalue weighted by Crippen LogP contribution is 2.13. The second-order valence-corrected chi connectivity index (χ2v) is 5.53. The first-order chi connectivity index (χ1) is 10.6. The topological polar surface area (TPSA) is 52.6 Å². The fraction of sp³-hybridized carbons (Fsp3) is 0.176. The third-order valence-corrected chi connectivity index (χ3v) is 3.51. The van der Waals surface area contributed by atoms with E-state index in [-0.39, 0.29) is 18.8 Å².